The summed E-state index contributed by atoms with van der Waals surface area (Å²) in [5.41, 5.74) is 1.14. The van der Waals surface area contributed by atoms with Crippen molar-refractivity contribution in [2.24, 2.45) is 0 Å². The Morgan fingerprint density at radius 1 is 1.40 bits per heavy atom. The van der Waals surface area contributed by atoms with E-state index in [1.165, 1.54) is 6.07 Å². The molecule has 3 nitrogen and oxygen atoms in total. The fraction of sp³-hybridized carbons (Fsp3) is 0.333. The second kappa shape index (κ2) is 6.31. The molecule has 0 bridgehead atoms. The van der Waals surface area contributed by atoms with Crippen molar-refractivity contribution in [3.8, 4) is 11.3 Å². The first-order valence-electron chi connectivity index (χ1n) is 6.60. The molecule has 5 heteroatoms. The normalized spacial score (nSPS) is 11.1. The van der Waals surface area contributed by atoms with Gasteiger partial charge in [0.25, 0.3) is 0 Å². The van der Waals surface area contributed by atoms with E-state index < -0.39 is 0 Å². The molecule has 0 spiro atoms. The molecule has 0 aliphatic heterocycles. The molecule has 2 rings (SSSR count). The van der Waals surface area contributed by atoms with Crippen LogP contribution in [-0.2, 0) is 0 Å². The molecule has 0 unspecified atom stereocenters. The lowest BCUT2D eigenvalue weighted by Crippen LogP contribution is -2.07. The van der Waals surface area contributed by atoms with Gasteiger partial charge in [-0.1, -0.05) is 29.8 Å². The highest BCUT2D eigenvalue weighted by molar-refractivity contribution is 9.10. The Bertz CT molecular complexity index is 620. The molecule has 0 aliphatic rings. The fourth-order valence-electron chi connectivity index (χ4n) is 2.23. The van der Waals surface area contributed by atoms with Gasteiger partial charge in [0.2, 0.25) is 0 Å². The molecule has 0 aliphatic carbocycles. The number of carbonyl (C=O) groups is 1. The van der Waals surface area contributed by atoms with E-state index in [4.69, 9.17) is 0 Å². The smallest absolute Gasteiger partial charge is 0.153 e. The lowest BCUT2D eigenvalue weighted by molar-refractivity contribution is 0.112. The van der Waals surface area contributed by atoms with Gasteiger partial charge in [0.05, 0.1) is 11.6 Å². The molecule has 20 heavy (non-hydrogen) atoms. The number of benzene rings is 1. The second-order valence-electron chi connectivity index (χ2n) is 4.63. The molecule has 1 heterocycles. The first-order valence-corrected chi connectivity index (χ1v) is 7.39. The van der Waals surface area contributed by atoms with Crippen LogP contribution < -0.4 is 0 Å². The molecule has 0 N–H and O–H groups in total. The maximum absolute atomic E-state index is 14.0. The van der Waals surface area contributed by atoms with Crippen LogP contribution in [0.3, 0.4) is 0 Å². The van der Waals surface area contributed by atoms with Gasteiger partial charge in [-0.3, -0.25) is 9.48 Å². The zero-order valence-corrected chi connectivity index (χ0v) is 13.0. The molecular formula is C15H16BrFN2O. The van der Waals surface area contributed by atoms with Gasteiger partial charge in [-0.25, -0.2) is 4.39 Å². The van der Waals surface area contributed by atoms with Crippen molar-refractivity contribution in [1.29, 1.82) is 0 Å². The minimum absolute atomic E-state index is 0.220. The Kier molecular flexibility index (Phi) is 4.70. The Labute approximate surface area is 125 Å². The van der Waals surface area contributed by atoms with Crippen molar-refractivity contribution in [3.05, 3.63) is 40.2 Å². The highest BCUT2D eigenvalue weighted by Crippen LogP contribution is 2.28. The average Bonchev–Trinajstić information content (AvgIpc) is 2.87. The van der Waals surface area contributed by atoms with E-state index in [0.29, 0.717) is 16.8 Å². The topological polar surface area (TPSA) is 34.9 Å². The van der Waals surface area contributed by atoms with Crippen molar-refractivity contribution < 1.29 is 9.18 Å². The van der Waals surface area contributed by atoms with E-state index in [9.17, 15) is 9.18 Å². The standard InChI is InChI=1S/C15H16BrFN2O/c1-3-12(4-2)19-8-10(9-20)15(18-19)13-7-11(16)5-6-14(13)17/h5-9,12H,3-4H2,1-2H3. The zero-order valence-electron chi connectivity index (χ0n) is 11.4. The van der Waals surface area contributed by atoms with Crippen LogP contribution in [0.1, 0.15) is 43.1 Å². The van der Waals surface area contributed by atoms with Gasteiger partial charge in [0, 0.05) is 16.2 Å². The molecule has 106 valence electrons. The van der Waals surface area contributed by atoms with E-state index in [1.807, 2.05) is 0 Å². The van der Waals surface area contributed by atoms with Crippen LogP contribution >= 0.6 is 15.9 Å². The lowest BCUT2D eigenvalue weighted by Gasteiger charge is -2.12. The predicted octanol–water partition coefficient (Wildman–Crippen LogP) is 4.63. The SMILES string of the molecule is CCC(CC)n1cc(C=O)c(-c2cc(Br)ccc2F)n1. The third-order valence-corrected chi connectivity index (χ3v) is 3.88. The first-order chi connectivity index (χ1) is 9.60. The Balaban J connectivity index is 2.56. The van der Waals surface area contributed by atoms with Crippen LogP contribution in [0.25, 0.3) is 11.3 Å². The summed E-state index contributed by atoms with van der Waals surface area (Å²) < 4.78 is 16.5. The van der Waals surface area contributed by atoms with Crippen molar-refractivity contribution in [1.82, 2.24) is 9.78 Å². The molecule has 1 aromatic heterocycles. The molecule has 0 saturated carbocycles. The van der Waals surface area contributed by atoms with Crippen LogP contribution in [0, 0.1) is 5.82 Å². The summed E-state index contributed by atoms with van der Waals surface area (Å²) in [6, 6.07) is 4.85. The molecule has 0 saturated heterocycles. The first kappa shape index (κ1) is 14.9. The predicted molar refractivity (Wildman–Crippen MR) is 80.3 cm³/mol. The number of aromatic nitrogens is 2. The summed E-state index contributed by atoms with van der Waals surface area (Å²) in [5.74, 6) is -0.383. The van der Waals surface area contributed by atoms with Crippen LogP contribution in [-0.4, -0.2) is 16.1 Å². The monoisotopic (exact) mass is 338 g/mol. The van der Waals surface area contributed by atoms with Crippen LogP contribution in [0.5, 0.6) is 0 Å². The van der Waals surface area contributed by atoms with Crippen molar-refractivity contribution >= 4 is 22.2 Å². The van der Waals surface area contributed by atoms with E-state index in [2.05, 4.69) is 34.9 Å². The molecule has 0 radical (unpaired) electrons. The van der Waals surface area contributed by atoms with Gasteiger partial charge >= 0.3 is 0 Å². The zero-order chi connectivity index (χ0) is 14.7. The second-order valence-corrected chi connectivity index (χ2v) is 5.54. The fourth-order valence-corrected chi connectivity index (χ4v) is 2.59. The third-order valence-electron chi connectivity index (χ3n) is 3.39. The Morgan fingerprint density at radius 2 is 2.10 bits per heavy atom. The maximum atomic E-state index is 14.0. The van der Waals surface area contributed by atoms with Gasteiger partial charge in [-0.15, -0.1) is 0 Å². The van der Waals surface area contributed by atoms with Crippen molar-refractivity contribution in [2.75, 3.05) is 0 Å². The molecule has 0 atom stereocenters. The minimum Gasteiger partial charge on any atom is -0.298 e. The van der Waals surface area contributed by atoms with Crippen LogP contribution in [0.15, 0.2) is 28.9 Å². The molecule has 1 aromatic carbocycles. The number of rotatable bonds is 5. The van der Waals surface area contributed by atoms with Gasteiger partial charge in [-0.2, -0.15) is 5.10 Å². The number of halogens is 2. The van der Waals surface area contributed by atoms with Crippen LogP contribution in [0.4, 0.5) is 4.39 Å². The molecular weight excluding hydrogens is 323 g/mol. The summed E-state index contributed by atoms with van der Waals surface area (Å²) in [6.45, 7) is 4.13. The van der Waals surface area contributed by atoms with Gasteiger partial charge in [-0.05, 0) is 31.0 Å². The van der Waals surface area contributed by atoms with E-state index >= 15 is 0 Å². The van der Waals surface area contributed by atoms with Gasteiger partial charge in [0.1, 0.15) is 11.5 Å². The van der Waals surface area contributed by atoms with E-state index in [-0.39, 0.29) is 11.9 Å². The Hall–Kier alpha value is -1.49. The van der Waals surface area contributed by atoms with Crippen molar-refractivity contribution in [3.63, 3.8) is 0 Å². The highest BCUT2D eigenvalue weighted by atomic mass is 79.9. The molecule has 0 amide bonds. The summed E-state index contributed by atoms with van der Waals surface area (Å²) in [6.07, 6.45) is 4.25. The Morgan fingerprint density at radius 3 is 2.70 bits per heavy atom. The summed E-state index contributed by atoms with van der Waals surface area (Å²) in [4.78, 5) is 11.2. The molecule has 2 aromatic rings. The van der Waals surface area contributed by atoms with E-state index in [0.717, 1.165) is 23.6 Å². The lowest BCUT2D eigenvalue weighted by atomic mass is 10.1. The van der Waals surface area contributed by atoms with Crippen LogP contribution in [0.2, 0.25) is 0 Å². The van der Waals surface area contributed by atoms with Gasteiger partial charge < -0.3 is 0 Å². The average molecular weight is 339 g/mol. The molecule has 0 fully saturated rings. The van der Waals surface area contributed by atoms with Crippen molar-refractivity contribution in [2.45, 2.75) is 32.7 Å². The number of nitrogens with zero attached hydrogens (tertiary/aromatic N) is 2. The minimum atomic E-state index is -0.383. The summed E-state index contributed by atoms with van der Waals surface area (Å²) in [5, 5.41) is 4.42. The van der Waals surface area contributed by atoms with E-state index in [1.54, 1.807) is 23.0 Å². The number of hydrogen-bond donors (Lipinski definition) is 0. The summed E-state index contributed by atoms with van der Waals surface area (Å²) in [7, 11) is 0. The highest BCUT2D eigenvalue weighted by Gasteiger charge is 2.17. The summed E-state index contributed by atoms with van der Waals surface area (Å²) >= 11 is 3.31. The third kappa shape index (κ3) is 2.82. The quantitative estimate of drug-likeness (QED) is 0.745. The largest absolute Gasteiger partial charge is 0.298 e. The maximum Gasteiger partial charge on any atom is 0.153 e. The number of carbonyl (C=O) groups excluding carboxylic acids is 1. The van der Waals surface area contributed by atoms with Gasteiger partial charge in [0.15, 0.2) is 6.29 Å². The number of aldehydes is 1. The number of hydrogen-bond acceptors (Lipinski definition) is 2.